The SMILES string of the molecule is CCN(CCCO)C(=O)c1ccc2c(c1)OCCO2. The number of hydrogen-bond acceptors (Lipinski definition) is 4. The Bertz CT molecular complexity index is 447. The van der Waals surface area contributed by atoms with Crippen LogP contribution < -0.4 is 9.47 Å². The van der Waals surface area contributed by atoms with Gasteiger partial charge in [0, 0.05) is 25.3 Å². The van der Waals surface area contributed by atoms with Crippen LogP contribution >= 0.6 is 0 Å². The van der Waals surface area contributed by atoms with Gasteiger partial charge in [0.1, 0.15) is 13.2 Å². The quantitative estimate of drug-likeness (QED) is 0.872. The lowest BCUT2D eigenvalue weighted by Crippen LogP contribution is -2.32. The van der Waals surface area contributed by atoms with Gasteiger partial charge in [-0.3, -0.25) is 4.79 Å². The summed E-state index contributed by atoms with van der Waals surface area (Å²) < 4.78 is 10.9. The first-order valence-corrected chi connectivity index (χ1v) is 6.56. The Morgan fingerprint density at radius 1 is 1.32 bits per heavy atom. The molecule has 1 amide bonds. The Labute approximate surface area is 112 Å². The molecule has 2 rings (SSSR count). The van der Waals surface area contributed by atoms with Crippen LogP contribution in [0, 0.1) is 0 Å². The van der Waals surface area contributed by atoms with Crippen molar-refractivity contribution in [1.82, 2.24) is 4.90 Å². The van der Waals surface area contributed by atoms with E-state index in [4.69, 9.17) is 14.6 Å². The predicted octanol–water partition coefficient (Wildman–Crippen LogP) is 1.30. The van der Waals surface area contributed by atoms with Crippen molar-refractivity contribution < 1.29 is 19.4 Å². The van der Waals surface area contributed by atoms with Crippen molar-refractivity contribution in [1.29, 1.82) is 0 Å². The van der Waals surface area contributed by atoms with E-state index in [9.17, 15) is 4.79 Å². The van der Waals surface area contributed by atoms with Crippen LogP contribution in [0.5, 0.6) is 11.5 Å². The summed E-state index contributed by atoms with van der Waals surface area (Å²) in [7, 11) is 0. The Morgan fingerprint density at radius 2 is 2.05 bits per heavy atom. The second-order valence-corrected chi connectivity index (χ2v) is 4.32. The van der Waals surface area contributed by atoms with Crippen LogP contribution in [0.2, 0.25) is 0 Å². The highest BCUT2D eigenvalue weighted by Gasteiger charge is 2.18. The molecule has 1 heterocycles. The molecule has 0 atom stereocenters. The molecule has 1 aliphatic rings. The lowest BCUT2D eigenvalue weighted by molar-refractivity contribution is 0.0753. The van der Waals surface area contributed by atoms with Gasteiger partial charge in [0.25, 0.3) is 5.91 Å². The topological polar surface area (TPSA) is 59.0 Å². The molecule has 1 N–H and O–H groups in total. The third-order valence-corrected chi connectivity index (χ3v) is 3.04. The molecule has 0 radical (unpaired) electrons. The zero-order chi connectivity index (χ0) is 13.7. The molecule has 0 saturated carbocycles. The minimum Gasteiger partial charge on any atom is -0.486 e. The number of ether oxygens (including phenoxy) is 2. The predicted molar refractivity (Wildman–Crippen MR) is 70.7 cm³/mol. The Kier molecular flexibility index (Phi) is 4.63. The molecule has 0 bridgehead atoms. The van der Waals surface area contributed by atoms with Gasteiger partial charge in [0.05, 0.1) is 0 Å². The summed E-state index contributed by atoms with van der Waals surface area (Å²) in [5, 5.41) is 8.85. The van der Waals surface area contributed by atoms with Gasteiger partial charge < -0.3 is 19.5 Å². The van der Waals surface area contributed by atoms with Crippen LogP contribution in [0.15, 0.2) is 18.2 Å². The lowest BCUT2D eigenvalue weighted by Gasteiger charge is -2.22. The van der Waals surface area contributed by atoms with Gasteiger partial charge in [-0.05, 0) is 31.5 Å². The van der Waals surface area contributed by atoms with Crippen molar-refractivity contribution in [3.05, 3.63) is 23.8 Å². The van der Waals surface area contributed by atoms with Gasteiger partial charge in [-0.15, -0.1) is 0 Å². The van der Waals surface area contributed by atoms with Crippen LogP contribution in [0.1, 0.15) is 23.7 Å². The number of fused-ring (bicyclic) bond motifs is 1. The number of aliphatic hydroxyl groups is 1. The van der Waals surface area contributed by atoms with Gasteiger partial charge in [0.2, 0.25) is 0 Å². The number of benzene rings is 1. The maximum Gasteiger partial charge on any atom is 0.253 e. The van der Waals surface area contributed by atoms with E-state index in [1.165, 1.54) is 0 Å². The molecule has 0 aliphatic carbocycles. The van der Waals surface area contributed by atoms with Gasteiger partial charge >= 0.3 is 0 Å². The average molecular weight is 265 g/mol. The molecule has 1 aromatic carbocycles. The molecule has 5 heteroatoms. The number of rotatable bonds is 5. The summed E-state index contributed by atoms with van der Waals surface area (Å²) in [5.41, 5.74) is 0.587. The molecule has 0 fully saturated rings. The highest BCUT2D eigenvalue weighted by atomic mass is 16.6. The molecule has 0 aromatic heterocycles. The van der Waals surface area contributed by atoms with Crippen molar-refractivity contribution in [3.63, 3.8) is 0 Å². The average Bonchev–Trinajstić information content (AvgIpc) is 2.47. The van der Waals surface area contributed by atoms with E-state index < -0.39 is 0 Å². The highest BCUT2D eigenvalue weighted by Crippen LogP contribution is 2.31. The first kappa shape index (κ1) is 13.7. The number of carbonyl (C=O) groups excluding carboxylic acids is 1. The molecule has 104 valence electrons. The minimum atomic E-state index is -0.0482. The summed E-state index contributed by atoms with van der Waals surface area (Å²) in [6.45, 7) is 4.23. The van der Waals surface area contributed by atoms with Crippen LogP contribution in [0.4, 0.5) is 0 Å². The first-order valence-electron chi connectivity index (χ1n) is 6.56. The van der Waals surface area contributed by atoms with Crippen molar-refractivity contribution in [3.8, 4) is 11.5 Å². The number of hydrogen-bond donors (Lipinski definition) is 1. The van der Waals surface area contributed by atoms with Crippen LogP contribution in [0.3, 0.4) is 0 Å². The minimum absolute atomic E-state index is 0.0482. The van der Waals surface area contributed by atoms with Crippen molar-refractivity contribution in [2.24, 2.45) is 0 Å². The fourth-order valence-corrected chi connectivity index (χ4v) is 2.02. The second-order valence-electron chi connectivity index (χ2n) is 4.32. The number of amides is 1. The van der Waals surface area contributed by atoms with Crippen LogP contribution in [-0.2, 0) is 0 Å². The molecular formula is C14H19NO4. The van der Waals surface area contributed by atoms with Crippen molar-refractivity contribution in [2.75, 3.05) is 32.9 Å². The summed E-state index contributed by atoms with van der Waals surface area (Å²) >= 11 is 0. The molecular weight excluding hydrogens is 246 g/mol. The van der Waals surface area contributed by atoms with E-state index in [0.717, 1.165) is 0 Å². The Balaban J connectivity index is 2.13. The van der Waals surface area contributed by atoms with E-state index >= 15 is 0 Å². The van der Waals surface area contributed by atoms with Crippen molar-refractivity contribution >= 4 is 5.91 Å². The van der Waals surface area contributed by atoms with E-state index in [1.807, 2.05) is 6.92 Å². The molecule has 19 heavy (non-hydrogen) atoms. The van der Waals surface area contributed by atoms with E-state index in [-0.39, 0.29) is 12.5 Å². The standard InChI is InChI=1S/C14H19NO4/c1-2-15(6-3-7-16)14(17)11-4-5-12-13(10-11)19-9-8-18-12/h4-5,10,16H,2-3,6-9H2,1H3. The third-order valence-electron chi connectivity index (χ3n) is 3.04. The Morgan fingerprint density at radius 3 is 2.74 bits per heavy atom. The van der Waals surface area contributed by atoms with Gasteiger partial charge in [-0.25, -0.2) is 0 Å². The largest absolute Gasteiger partial charge is 0.486 e. The Hall–Kier alpha value is -1.75. The monoisotopic (exact) mass is 265 g/mol. The molecule has 1 aromatic rings. The molecule has 1 aliphatic heterocycles. The van der Waals surface area contributed by atoms with Crippen LogP contribution in [-0.4, -0.2) is 48.8 Å². The molecule has 0 saturated heterocycles. The summed E-state index contributed by atoms with van der Waals surface area (Å²) in [5.74, 6) is 1.25. The summed E-state index contributed by atoms with van der Waals surface area (Å²) in [6.07, 6.45) is 0.587. The van der Waals surface area contributed by atoms with Crippen molar-refractivity contribution in [2.45, 2.75) is 13.3 Å². The number of nitrogens with zero attached hydrogens (tertiary/aromatic N) is 1. The molecule has 0 spiro atoms. The fraction of sp³-hybridized carbons (Fsp3) is 0.500. The highest BCUT2D eigenvalue weighted by molar-refractivity contribution is 5.95. The van der Waals surface area contributed by atoms with E-state index in [1.54, 1.807) is 23.1 Å². The van der Waals surface area contributed by atoms with Gasteiger partial charge in [-0.1, -0.05) is 0 Å². The van der Waals surface area contributed by atoms with E-state index in [0.29, 0.717) is 49.8 Å². The van der Waals surface area contributed by atoms with Crippen LogP contribution in [0.25, 0.3) is 0 Å². The number of carbonyl (C=O) groups is 1. The van der Waals surface area contributed by atoms with Gasteiger partial charge in [-0.2, -0.15) is 0 Å². The fourth-order valence-electron chi connectivity index (χ4n) is 2.02. The summed E-state index contributed by atoms with van der Waals surface area (Å²) in [6, 6.07) is 5.23. The zero-order valence-corrected chi connectivity index (χ0v) is 11.1. The maximum absolute atomic E-state index is 12.3. The third kappa shape index (κ3) is 3.17. The van der Waals surface area contributed by atoms with E-state index in [2.05, 4.69) is 0 Å². The molecule has 0 unspecified atom stereocenters. The normalized spacial score (nSPS) is 13.2. The maximum atomic E-state index is 12.3. The second kappa shape index (κ2) is 6.43. The summed E-state index contributed by atoms with van der Waals surface area (Å²) in [4.78, 5) is 14.0. The van der Waals surface area contributed by atoms with Gasteiger partial charge in [0.15, 0.2) is 11.5 Å². The lowest BCUT2D eigenvalue weighted by atomic mass is 10.1. The smallest absolute Gasteiger partial charge is 0.253 e. The number of aliphatic hydroxyl groups excluding tert-OH is 1. The molecule has 5 nitrogen and oxygen atoms in total. The zero-order valence-electron chi connectivity index (χ0n) is 11.1. The first-order chi connectivity index (χ1) is 9.26.